The highest BCUT2D eigenvalue weighted by Crippen LogP contribution is 2.35. The Hall–Kier alpha value is -2.61. The van der Waals surface area contributed by atoms with E-state index in [2.05, 4.69) is 20.3 Å². The molecule has 3 atom stereocenters. The Labute approximate surface area is 144 Å². The predicted molar refractivity (Wildman–Crippen MR) is 88.4 cm³/mol. The third-order valence-electron chi connectivity index (χ3n) is 4.75. The van der Waals surface area contributed by atoms with E-state index in [0.29, 0.717) is 31.3 Å². The third kappa shape index (κ3) is 3.30. The number of nitrogens with one attached hydrogen (secondary N) is 1. The van der Waals surface area contributed by atoms with E-state index in [9.17, 15) is 9.18 Å². The summed E-state index contributed by atoms with van der Waals surface area (Å²) in [6.45, 7) is 1.72. The summed E-state index contributed by atoms with van der Waals surface area (Å²) in [6.07, 6.45) is 6.35. The number of hydrogen-bond donors (Lipinski definition) is 1. The van der Waals surface area contributed by atoms with Crippen LogP contribution in [0.25, 0.3) is 0 Å². The maximum atomic E-state index is 13.1. The summed E-state index contributed by atoms with van der Waals surface area (Å²) in [5, 5.41) is 2.92. The molecule has 1 N–H and O–H groups in total. The highest BCUT2D eigenvalue weighted by atomic mass is 19.1. The number of carbonyl (C=O) groups is 1. The van der Waals surface area contributed by atoms with Crippen molar-refractivity contribution in [1.29, 1.82) is 0 Å². The van der Waals surface area contributed by atoms with E-state index in [1.165, 1.54) is 0 Å². The Balaban J connectivity index is 1.54. The van der Waals surface area contributed by atoms with Gasteiger partial charge in [0.25, 0.3) is 0 Å². The van der Waals surface area contributed by atoms with Crippen LogP contribution in [-0.2, 0) is 9.53 Å². The van der Waals surface area contributed by atoms with Crippen molar-refractivity contribution in [2.75, 3.05) is 29.9 Å². The minimum absolute atomic E-state index is 0.0490. The lowest BCUT2D eigenvalue weighted by molar-refractivity contribution is -0.122. The molecule has 0 unspecified atom stereocenters. The van der Waals surface area contributed by atoms with Gasteiger partial charge in [-0.15, -0.1) is 0 Å². The van der Waals surface area contributed by atoms with Crippen molar-refractivity contribution in [2.45, 2.75) is 12.5 Å². The van der Waals surface area contributed by atoms with Crippen molar-refractivity contribution in [3.05, 3.63) is 42.7 Å². The molecule has 0 spiro atoms. The number of fused-ring (bicyclic) bond motifs is 1. The van der Waals surface area contributed by atoms with Crippen LogP contribution in [-0.4, -0.2) is 46.7 Å². The van der Waals surface area contributed by atoms with E-state index in [0.717, 1.165) is 18.8 Å². The van der Waals surface area contributed by atoms with E-state index < -0.39 is 5.82 Å². The second-order valence-electron chi connectivity index (χ2n) is 6.31. The minimum Gasteiger partial charge on any atom is -0.376 e. The highest BCUT2D eigenvalue weighted by Gasteiger charge is 2.44. The monoisotopic (exact) mass is 343 g/mol. The zero-order valence-corrected chi connectivity index (χ0v) is 13.5. The maximum Gasteiger partial charge on any atom is 0.229 e. The Kier molecular flexibility index (Phi) is 4.27. The lowest BCUT2D eigenvalue weighted by atomic mass is 9.82. The molecule has 0 aromatic carbocycles. The summed E-state index contributed by atoms with van der Waals surface area (Å²) in [4.78, 5) is 26.8. The molecule has 0 radical (unpaired) electrons. The number of halogens is 1. The molecular formula is C17H18FN5O2. The summed E-state index contributed by atoms with van der Waals surface area (Å²) >= 11 is 0. The number of nitrogens with zero attached hydrogens (tertiary/aromatic N) is 4. The van der Waals surface area contributed by atoms with Gasteiger partial charge in [0, 0.05) is 31.8 Å². The van der Waals surface area contributed by atoms with Gasteiger partial charge in [0.2, 0.25) is 11.9 Å². The van der Waals surface area contributed by atoms with Gasteiger partial charge in [-0.25, -0.2) is 14.4 Å². The molecule has 8 heteroatoms. The predicted octanol–water partition coefficient (Wildman–Crippen LogP) is 1.49. The molecule has 1 amide bonds. The number of aromatic nitrogens is 3. The van der Waals surface area contributed by atoms with Crippen LogP contribution in [0, 0.1) is 17.7 Å². The molecule has 0 saturated carbocycles. The van der Waals surface area contributed by atoms with Gasteiger partial charge in [0.05, 0.1) is 36.3 Å². The average molecular weight is 343 g/mol. The summed E-state index contributed by atoms with van der Waals surface area (Å²) < 4.78 is 18.9. The van der Waals surface area contributed by atoms with Gasteiger partial charge in [-0.05, 0) is 18.6 Å². The van der Waals surface area contributed by atoms with Crippen LogP contribution in [0.4, 0.5) is 16.0 Å². The van der Waals surface area contributed by atoms with E-state index in [4.69, 9.17) is 4.74 Å². The second kappa shape index (κ2) is 6.72. The van der Waals surface area contributed by atoms with Gasteiger partial charge in [-0.2, -0.15) is 0 Å². The van der Waals surface area contributed by atoms with Crippen LogP contribution in [0.2, 0.25) is 0 Å². The number of amides is 1. The van der Waals surface area contributed by atoms with Crippen molar-refractivity contribution in [3.8, 4) is 0 Å². The van der Waals surface area contributed by atoms with Crippen LogP contribution in [0.3, 0.4) is 0 Å². The first-order valence-electron chi connectivity index (χ1n) is 8.26. The number of piperidine rings is 1. The summed E-state index contributed by atoms with van der Waals surface area (Å²) in [7, 11) is 0. The van der Waals surface area contributed by atoms with Crippen molar-refractivity contribution in [2.24, 2.45) is 11.8 Å². The smallest absolute Gasteiger partial charge is 0.229 e. The molecule has 2 aromatic heterocycles. The van der Waals surface area contributed by atoms with Gasteiger partial charge in [-0.1, -0.05) is 0 Å². The molecule has 0 bridgehead atoms. The van der Waals surface area contributed by atoms with Gasteiger partial charge in [0.15, 0.2) is 5.82 Å². The quantitative estimate of drug-likeness (QED) is 0.909. The minimum atomic E-state index is -0.485. The fraction of sp³-hybridized carbons (Fsp3) is 0.412. The molecular weight excluding hydrogens is 325 g/mol. The molecule has 4 heterocycles. The van der Waals surface area contributed by atoms with E-state index in [-0.39, 0.29) is 23.8 Å². The molecule has 0 aliphatic carbocycles. The zero-order valence-electron chi connectivity index (χ0n) is 13.5. The fourth-order valence-electron chi connectivity index (χ4n) is 3.56. The summed E-state index contributed by atoms with van der Waals surface area (Å²) in [5.74, 6) is -0.236. The first-order chi connectivity index (χ1) is 12.2. The lowest BCUT2D eigenvalue weighted by Crippen LogP contribution is -2.52. The van der Waals surface area contributed by atoms with Gasteiger partial charge in [-0.3, -0.25) is 9.78 Å². The second-order valence-corrected chi connectivity index (χ2v) is 6.31. The molecule has 2 aliphatic heterocycles. The van der Waals surface area contributed by atoms with Crippen molar-refractivity contribution >= 4 is 17.5 Å². The van der Waals surface area contributed by atoms with Crippen molar-refractivity contribution < 1.29 is 13.9 Å². The zero-order chi connectivity index (χ0) is 17.2. The first-order valence-corrected chi connectivity index (χ1v) is 8.26. The SMILES string of the molecule is O=C(Nc1cccnc1)[C@@H]1CN(c2ncc(F)cn2)C[C@@H]2OCC[C@@H]21. The molecule has 2 fully saturated rings. The number of hydrogen-bond acceptors (Lipinski definition) is 6. The average Bonchev–Trinajstić information content (AvgIpc) is 3.11. The highest BCUT2D eigenvalue weighted by molar-refractivity contribution is 5.93. The summed E-state index contributed by atoms with van der Waals surface area (Å²) in [5.41, 5.74) is 0.665. The molecule has 2 aromatic rings. The van der Waals surface area contributed by atoms with E-state index >= 15 is 0 Å². The first kappa shape index (κ1) is 15.9. The Morgan fingerprint density at radius 1 is 1.28 bits per heavy atom. The lowest BCUT2D eigenvalue weighted by Gasteiger charge is -2.39. The Morgan fingerprint density at radius 3 is 2.88 bits per heavy atom. The van der Waals surface area contributed by atoms with Crippen LogP contribution in [0.1, 0.15) is 6.42 Å². The molecule has 2 saturated heterocycles. The largest absolute Gasteiger partial charge is 0.376 e. The van der Waals surface area contributed by atoms with Crippen LogP contribution in [0.5, 0.6) is 0 Å². The van der Waals surface area contributed by atoms with Crippen molar-refractivity contribution in [1.82, 2.24) is 15.0 Å². The van der Waals surface area contributed by atoms with Gasteiger partial charge < -0.3 is 15.0 Å². The number of rotatable bonds is 3. The molecule has 2 aliphatic rings. The van der Waals surface area contributed by atoms with E-state index in [1.807, 2.05) is 4.90 Å². The molecule has 130 valence electrons. The van der Waals surface area contributed by atoms with Crippen LogP contribution in [0.15, 0.2) is 36.9 Å². The normalized spacial score (nSPS) is 25.5. The number of carbonyl (C=O) groups excluding carboxylic acids is 1. The fourth-order valence-corrected chi connectivity index (χ4v) is 3.56. The standard InChI is InChI=1S/C17H18FN5O2/c18-11-6-20-17(21-7-11)23-9-14(13-3-5-25-15(13)10-23)16(24)22-12-2-1-4-19-8-12/h1-2,4,6-8,13-15H,3,5,9-10H2,(H,22,24)/t13-,14-,15+/m1/s1. The Bertz CT molecular complexity index is 742. The number of anilines is 2. The van der Waals surface area contributed by atoms with Crippen LogP contribution >= 0.6 is 0 Å². The maximum absolute atomic E-state index is 13.1. The Morgan fingerprint density at radius 2 is 2.12 bits per heavy atom. The number of pyridine rings is 1. The van der Waals surface area contributed by atoms with Crippen molar-refractivity contribution in [3.63, 3.8) is 0 Å². The molecule has 25 heavy (non-hydrogen) atoms. The van der Waals surface area contributed by atoms with Gasteiger partial charge >= 0.3 is 0 Å². The third-order valence-corrected chi connectivity index (χ3v) is 4.75. The number of ether oxygens (including phenoxy) is 1. The summed E-state index contributed by atoms with van der Waals surface area (Å²) in [6, 6.07) is 3.58. The van der Waals surface area contributed by atoms with Crippen LogP contribution < -0.4 is 10.2 Å². The topological polar surface area (TPSA) is 80.2 Å². The molecule has 4 rings (SSSR count). The molecule has 7 nitrogen and oxygen atoms in total. The van der Waals surface area contributed by atoms with Gasteiger partial charge in [0.1, 0.15) is 0 Å². The van der Waals surface area contributed by atoms with E-state index in [1.54, 1.807) is 24.5 Å².